The van der Waals surface area contributed by atoms with E-state index in [1.54, 1.807) is 10.9 Å². The van der Waals surface area contributed by atoms with Crippen molar-refractivity contribution in [1.82, 2.24) is 15.0 Å². The monoisotopic (exact) mass is 421 g/mol. The van der Waals surface area contributed by atoms with Gasteiger partial charge in [-0.1, -0.05) is 90.2 Å². The highest BCUT2D eigenvalue weighted by atomic mass is 16.3. The average molecular weight is 422 g/mol. The molecule has 0 aliphatic heterocycles. The molecule has 0 radical (unpaired) electrons. The van der Waals surface area contributed by atoms with E-state index in [-0.39, 0.29) is 5.75 Å². The van der Waals surface area contributed by atoms with Gasteiger partial charge in [-0.15, -0.1) is 15.0 Å². The number of phenolic OH excluding ortho intramolecular Hbond substituents is 1. The summed E-state index contributed by atoms with van der Waals surface area (Å²) in [5.41, 5.74) is 4.92. The van der Waals surface area contributed by atoms with Crippen molar-refractivity contribution in [2.45, 2.75) is 97.3 Å². The van der Waals surface area contributed by atoms with Gasteiger partial charge in [-0.2, -0.15) is 0 Å². The van der Waals surface area contributed by atoms with Crippen LogP contribution < -0.4 is 0 Å². The second kappa shape index (κ2) is 12.5. The SMILES string of the molecule is CCCCCCCCCCCCc1ccc(O)c(-n2nc3ccc(CCC)cc3n2)c1. The van der Waals surface area contributed by atoms with Crippen LogP contribution in [-0.4, -0.2) is 20.1 Å². The van der Waals surface area contributed by atoms with Crippen LogP contribution in [-0.2, 0) is 12.8 Å². The van der Waals surface area contributed by atoms with Crippen molar-refractivity contribution in [1.29, 1.82) is 0 Å². The zero-order valence-electron chi connectivity index (χ0n) is 19.4. The number of rotatable bonds is 14. The number of benzene rings is 2. The van der Waals surface area contributed by atoms with Gasteiger partial charge in [-0.05, 0) is 54.7 Å². The molecule has 0 saturated heterocycles. The molecule has 0 amide bonds. The molecule has 3 rings (SSSR count). The highest BCUT2D eigenvalue weighted by Gasteiger charge is 2.10. The van der Waals surface area contributed by atoms with Crippen molar-refractivity contribution in [3.8, 4) is 11.4 Å². The first-order valence-electron chi connectivity index (χ1n) is 12.4. The Kier molecular flexibility index (Phi) is 9.39. The molecular weight excluding hydrogens is 382 g/mol. The van der Waals surface area contributed by atoms with Crippen LogP contribution in [0.15, 0.2) is 36.4 Å². The normalized spacial score (nSPS) is 11.4. The van der Waals surface area contributed by atoms with Gasteiger partial charge in [0.15, 0.2) is 0 Å². The summed E-state index contributed by atoms with van der Waals surface area (Å²) in [6.45, 7) is 4.45. The van der Waals surface area contributed by atoms with E-state index in [1.807, 2.05) is 18.2 Å². The van der Waals surface area contributed by atoms with Crippen molar-refractivity contribution < 1.29 is 5.11 Å². The average Bonchev–Trinajstić information content (AvgIpc) is 3.19. The maximum Gasteiger partial charge on any atom is 0.143 e. The minimum atomic E-state index is 0.223. The Morgan fingerprint density at radius 3 is 1.97 bits per heavy atom. The smallest absolute Gasteiger partial charge is 0.143 e. The van der Waals surface area contributed by atoms with Gasteiger partial charge in [0.05, 0.1) is 0 Å². The number of unbranched alkanes of at least 4 members (excludes halogenated alkanes) is 9. The van der Waals surface area contributed by atoms with Gasteiger partial charge in [0.2, 0.25) is 0 Å². The fourth-order valence-corrected chi connectivity index (χ4v) is 4.21. The van der Waals surface area contributed by atoms with Gasteiger partial charge in [0, 0.05) is 0 Å². The molecule has 1 N–H and O–H groups in total. The van der Waals surface area contributed by atoms with Crippen LogP contribution in [0.25, 0.3) is 16.7 Å². The van der Waals surface area contributed by atoms with Crippen LogP contribution in [0, 0.1) is 0 Å². The largest absolute Gasteiger partial charge is 0.506 e. The molecule has 4 heteroatoms. The van der Waals surface area contributed by atoms with Gasteiger partial charge >= 0.3 is 0 Å². The lowest BCUT2D eigenvalue weighted by Crippen LogP contribution is -2.00. The summed E-state index contributed by atoms with van der Waals surface area (Å²) >= 11 is 0. The van der Waals surface area contributed by atoms with E-state index in [1.165, 1.54) is 75.3 Å². The van der Waals surface area contributed by atoms with E-state index in [2.05, 4.69) is 36.2 Å². The topological polar surface area (TPSA) is 50.9 Å². The third-order valence-electron chi connectivity index (χ3n) is 6.06. The molecule has 1 heterocycles. The molecule has 3 aromatic rings. The maximum absolute atomic E-state index is 10.4. The number of aryl methyl sites for hydroxylation is 2. The summed E-state index contributed by atoms with van der Waals surface area (Å²) in [6.07, 6.45) is 16.6. The highest BCUT2D eigenvalue weighted by molar-refractivity contribution is 5.75. The maximum atomic E-state index is 10.4. The lowest BCUT2D eigenvalue weighted by atomic mass is 10.0. The Hall–Kier alpha value is -2.36. The number of aromatic nitrogens is 3. The van der Waals surface area contributed by atoms with E-state index in [0.29, 0.717) is 5.69 Å². The molecule has 0 fully saturated rings. The predicted octanol–water partition coefficient (Wildman–Crippen LogP) is 7.54. The number of nitrogens with zero attached hydrogens (tertiary/aromatic N) is 3. The van der Waals surface area contributed by atoms with Crippen molar-refractivity contribution >= 4 is 11.0 Å². The minimum absolute atomic E-state index is 0.223. The Balaban J connectivity index is 1.51. The molecule has 0 spiro atoms. The third-order valence-corrected chi connectivity index (χ3v) is 6.06. The van der Waals surface area contributed by atoms with Crippen molar-refractivity contribution in [3.63, 3.8) is 0 Å². The van der Waals surface area contributed by atoms with E-state index >= 15 is 0 Å². The summed E-state index contributed by atoms with van der Waals surface area (Å²) < 4.78 is 0. The molecule has 0 saturated carbocycles. The summed E-state index contributed by atoms with van der Waals surface area (Å²) in [5, 5.41) is 19.6. The van der Waals surface area contributed by atoms with Crippen LogP contribution >= 0.6 is 0 Å². The number of hydrogen-bond donors (Lipinski definition) is 1. The zero-order valence-corrected chi connectivity index (χ0v) is 19.4. The number of phenols is 1. The second-order valence-corrected chi connectivity index (χ2v) is 8.82. The Bertz CT molecular complexity index is 931. The lowest BCUT2D eigenvalue weighted by Gasteiger charge is -2.07. The summed E-state index contributed by atoms with van der Waals surface area (Å²) in [6, 6.07) is 12.1. The standard InChI is InChI=1S/C27H39N3O/c1-3-5-6-7-8-9-10-11-12-13-15-23-17-19-27(31)26(21-23)30-28-24-18-16-22(14-4-2)20-25(24)29-30/h16-21,31H,3-15H2,1-2H3. The molecule has 168 valence electrons. The number of aromatic hydroxyl groups is 1. The third kappa shape index (κ3) is 7.09. The molecule has 1 aromatic heterocycles. The number of fused-ring (bicyclic) bond motifs is 1. The van der Waals surface area contributed by atoms with E-state index < -0.39 is 0 Å². The quantitative estimate of drug-likeness (QED) is 0.273. The van der Waals surface area contributed by atoms with Crippen LogP contribution in [0.3, 0.4) is 0 Å². The Labute approximate surface area is 187 Å². The van der Waals surface area contributed by atoms with Crippen LogP contribution in [0.4, 0.5) is 0 Å². The van der Waals surface area contributed by atoms with Gasteiger partial charge in [0.1, 0.15) is 22.5 Å². The molecule has 0 bridgehead atoms. The summed E-state index contributed by atoms with van der Waals surface area (Å²) in [4.78, 5) is 1.58. The Morgan fingerprint density at radius 1 is 0.645 bits per heavy atom. The van der Waals surface area contributed by atoms with Gasteiger partial charge < -0.3 is 5.11 Å². The first kappa shape index (κ1) is 23.3. The molecule has 0 unspecified atom stereocenters. The van der Waals surface area contributed by atoms with Gasteiger partial charge in [-0.25, -0.2) is 0 Å². The molecule has 0 aliphatic carbocycles. The molecule has 0 atom stereocenters. The van der Waals surface area contributed by atoms with Crippen LogP contribution in [0.5, 0.6) is 5.75 Å². The van der Waals surface area contributed by atoms with E-state index in [4.69, 9.17) is 0 Å². The van der Waals surface area contributed by atoms with Crippen molar-refractivity contribution in [2.75, 3.05) is 0 Å². The molecule has 2 aromatic carbocycles. The number of hydrogen-bond acceptors (Lipinski definition) is 3. The Morgan fingerprint density at radius 2 is 1.26 bits per heavy atom. The fourth-order valence-electron chi connectivity index (χ4n) is 4.21. The molecule has 4 nitrogen and oxygen atoms in total. The van der Waals surface area contributed by atoms with Gasteiger partial charge in [-0.3, -0.25) is 0 Å². The summed E-state index contributed by atoms with van der Waals surface area (Å²) in [7, 11) is 0. The molecule has 0 aliphatic rings. The highest BCUT2D eigenvalue weighted by Crippen LogP contribution is 2.24. The first-order valence-corrected chi connectivity index (χ1v) is 12.4. The van der Waals surface area contributed by atoms with Crippen LogP contribution in [0.1, 0.15) is 95.6 Å². The molecular formula is C27H39N3O. The summed E-state index contributed by atoms with van der Waals surface area (Å²) in [5.74, 6) is 0.223. The fraction of sp³-hybridized carbons (Fsp3) is 0.556. The second-order valence-electron chi connectivity index (χ2n) is 8.82. The predicted molar refractivity (Wildman–Crippen MR) is 130 cm³/mol. The van der Waals surface area contributed by atoms with Crippen molar-refractivity contribution in [3.05, 3.63) is 47.5 Å². The van der Waals surface area contributed by atoms with E-state index in [0.717, 1.165) is 30.3 Å². The molecule has 31 heavy (non-hydrogen) atoms. The zero-order chi connectivity index (χ0) is 21.9. The van der Waals surface area contributed by atoms with Crippen LogP contribution in [0.2, 0.25) is 0 Å². The lowest BCUT2D eigenvalue weighted by molar-refractivity contribution is 0.467. The van der Waals surface area contributed by atoms with E-state index in [9.17, 15) is 5.11 Å². The first-order chi connectivity index (χ1) is 15.2. The van der Waals surface area contributed by atoms with Crippen molar-refractivity contribution in [2.24, 2.45) is 0 Å². The van der Waals surface area contributed by atoms with Gasteiger partial charge in [0.25, 0.3) is 0 Å². The minimum Gasteiger partial charge on any atom is -0.506 e.